The molecule has 0 radical (unpaired) electrons. The lowest BCUT2D eigenvalue weighted by Crippen LogP contribution is -2.37. The van der Waals surface area contributed by atoms with Gasteiger partial charge in [-0.1, -0.05) is 25.1 Å². The predicted molar refractivity (Wildman–Crippen MR) is 105 cm³/mol. The Balaban J connectivity index is 2.29. The average molecular weight is 391 g/mol. The van der Waals surface area contributed by atoms with E-state index in [1.165, 1.54) is 0 Å². The summed E-state index contributed by atoms with van der Waals surface area (Å²) in [6.45, 7) is 4.33. The molecule has 0 spiro atoms. The molecule has 1 unspecified atom stereocenters. The van der Waals surface area contributed by atoms with Gasteiger partial charge in [0.1, 0.15) is 11.5 Å². The first-order chi connectivity index (χ1) is 12.7. The Kier molecular flexibility index (Phi) is 6.85. The van der Waals surface area contributed by atoms with E-state index in [1.54, 1.807) is 54.5 Å². The zero-order valence-electron chi connectivity index (χ0n) is 16.0. The minimum Gasteiger partial charge on any atom is -0.497 e. The molecule has 6 nitrogen and oxygen atoms in total. The van der Waals surface area contributed by atoms with Crippen LogP contribution in [0, 0.1) is 0 Å². The molecule has 27 heavy (non-hydrogen) atoms. The lowest BCUT2D eigenvalue weighted by Gasteiger charge is -2.29. The molecule has 2 aromatic rings. The van der Waals surface area contributed by atoms with Crippen LogP contribution in [0.1, 0.15) is 36.2 Å². The molecule has 0 aliphatic heterocycles. The molecule has 0 aliphatic rings. The van der Waals surface area contributed by atoms with Crippen molar-refractivity contribution < 1.29 is 22.1 Å². The Labute approximate surface area is 160 Å². The fourth-order valence-corrected chi connectivity index (χ4v) is 3.09. The summed E-state index contributed by atoms with van der Waals surface area (Å²) in [5, 5.41) is 0. The zero-order chi connectivity index (χ0) is 20.0. The van der Waals surface area contributed by atoms with Crippen molar-refractivity contribution in [3.63, 3.8) is 0 Å². The predicted octanol–water partition coefficient (Wildman–Crippen LogP) is 3.47. The van der Waals surface area contributed by atoms with Crippen LogP contribution < -0.4 is 8.92 Å². The van der Waals surface area contributed by atoms with Crippen molar-refractivity contribution in [3.8, 4) is 11.5 Å². The third-order valence-electron chi connectivity index (χ3n) is 4.20. The Hall–Kier alpha value is -2.54. The largest absolute Gasteiger partial charge is 0.497 e. The number of amides is 1. The topological polar surface area (TPSA) is 72.9 Å². The second-order valence-corrected chi connectivity index (χ2v) is 7.93. The van der Waals surface area contributed by atoms with Gasteiger partial charge < -0.3 is 13.8 Å². The molecule has 0 bridgehead atoms. The average Bonchev–Trinajstić information content (AvgIpc) is 2.64. The van der Waals surface area contributed by atoms with Crippen LogP contribution in [0.5, 0.6) is 11.5 Å². The normalized spacial score (nSPS) is 12.3. The molecule has 0 saturated heterocycles. The zero-order valence-corrected chi connectivity index (χ0v) is 16.8. The number of carbonyl (C=O) groups is 1. The molecule has 2 rings (SSSR count). The molecule has 2 aromatic carbocycles. The minimum absolute atomic E-state index is 0.00295. The lowest BCUT2D eigenvalue weighted by molar-refractivity contribution is 0.0671. The molecule has 146 valence electrons. The van der Waals surface area contributed by atoms with Crippen molar-refractivity contribution in [1.29, 1.82) is 0 Å². The summed E-state index contributed by atoms with van der Waals surface area (Å²) in [5.41, 5.74) is 1.32. The summed E-state index contributed by atoms with van der Waals surface area (Å²) < 4.78 is 32.8. The molecule has 0 fully saturated rings. The van der Waals surface area contributed by atoms with E-state index in [4.69, 9.17) is 8.92 Å². The first-order valence-corrected chi connectivity index (χ1v) is 10.5. The van der Waals surface area contributed by atoms with Crippen LogP contribution in [-0.2, 0) is 16.7 Å². The van der Waals surface area contributed by atoms with Gasteiger partial charge in [-0.15, -0.1) is 0 Å². The van der Waals surface area contributed by atoms with E-state index < -0.39 is 10.1 Å². The first kappa shape index (κ1) is 20.8. The molecule has 0 aliphatic carbocycles. The summed E-state index contributed by atoms with van der Waals surface area (Å²) >= 11 is 0. The number of hydrogen-bond donors (Lipinski definition) is 0. The minimum atomic E-state index is -3.60. The van der Waals surface area contributed by atoms with Crippen LogP contribution in [0.25, 0.3) is 0 Å². The highest BCUT2D eigenvalue weighted by Gasteiger charge is 2.21. The molecule has 0 aromatic heterocycles. The number of hydrogen-bond acceptors (Lipinski definition) is 5. The van der Waals surface area contributed by atoms with E-state index in [-0.39, 0.29) is 17.7 Å². The van der Waals surface area contributed by atoms with E-state index in [0.717, 1.165) is 18.2 Å². The Bertz CT molecular complexity index is 895. The first-order valence-electron chi connectivity index (χ1n) is 8.67. The highest BCUT2D eigenvalue weighted by atomic mass is 32.2. The second-order valence-electron chi connectivity index (χ2n) is 6.36. The number of methoxy groups -OCH3 is 1. The van der Waals surface area contributed by atoms with E-state index in [2.05, 4.69) is 0 Å². The molecule has 7 heteroatoms. The van der Waals surface area contributed by atoms with Gasteiger partial charge in [-0.2, -0.15) is 8.42 Å². The maximum atomic E-state index is 13.1. The number of benzene rings is 2. The Morgan fingerprint density at radius 2 is 1.78 bits per heavy atom. The van der Waals surface area contributed by atoms with Crippen molar-refractivity contribution in [1.82, 2.24) is 4.90 Å². The van der Waals surface area contributed by atoms with Gasteiger partial charge in [0.2, 0.25) is 0 Å². The molecule has 0 saturated carbocycles. The van der Waals surface area contributed by atoms with Crippen molar-refractivity contribution in [2.24, 2.45) is 0 Å². The van der Waals surface area contributed by atoms with Gasteiger partial charge >= 0.3 is 10.1 Å². The monoisotopic (exact) mass is 391 g/mol. The number of rotatable bonds is 8. The van der Waals surface area contributed by atoms with E-state index in [1.807, 2.05) is 19.9 Å². The van der Waals surface area contributed by atoms with Crippen molar-refractivity contribution in [2.75, 3.05) is 13.4 Å². The van der Waals surface area contributed by atoms with Crippen molar-refractivity contribution in [3.05, 3.63) is 59.7 Å². The van der Waals surface area contributed by atoms with Gasteiger partial charge in [-0.25, -0.2) is 0 Å². The molecule has 0 N–H and O–H groups in total. The van der Waals surface area contributed by atoms with Crippen molar-refractivity contribution >= 4 is 16.0 Å². The molecule has 0 heterocycles. The third-order valence-corrected chi connectivity index (χ3v) is 4.69. The summed E-state index contributed by atoms with van der Waals surface area (Å²) in [7, 11) is -2.05. The summed E-state index contributed by atoms with van der Waals surface area (Å²) in [4.78, 5) is 14.8. The summed E-state index contributed by atoms with van der Waals surface area (Å²) in [6.07, 6.45) is 1.78. The van der Waals surface area contributed by atoms with E-state index >= 15 is 0 Å². The maximum Gasteiger partial charge on any atom is 0.306 e. The number of carbonyl (C=O) groups excluding carboxylic acids is 1. The van der Waals surface area contributed by atoms with Crippen LogP contribution in [0.3, 0.4) is 0 Å². The number of ether oxygens (including phenoxy) is 1. The van der Waals surface area contributed by atoms with Gasteiger partial charge in [-0.3, -0.25) is 4.79 Å². The summed E-state index contributed by atoms with van der Waals surface area (Å²) in [6, 6.07) is 13.8. The smallest absolute Gasteiger partial charge is 0.306 e. The highest BCUT2D eigenvalue weighted by Crippen LogP contribution is 2.21. The van der Waals surface area contributed by atoms with E-state index in [0.29, 0.717) is 17.9 Å². The van der Waals surface area contributed by atoms with Gasteiger partial charge in [-0.05, 0) is 49.2 Å². The standard InChI is InChI=1S/C20H25NO5S/c1-5-15(2)21(20(22)17-9-7-10-18(13-17)25-3)14-16-8-6-11-19(12-16)26-27(4,23)24/h6-13,15H,5,14H2,1-4H3. The maximum absolute atomic E-state index is 13.1. The second kappa shape index (κ2) is 8.90. The third kappa shape index (κ3) is 5.99. The van der Waals surface area contributed by atoms with Crippen LogP contribution in [0.15, 0.2) is 48.5 Å². The van der Waals surface area contributed by atoms with Crippen LogP contribution in [-0.4, -0.2) is 38.6 Å². The lowest BCUT2D eigenvalue weighted by atomic mass is 10.1. The van der Waals surface area contributed by atoms with Crippen molar-refractivity contribution in [2.45, 2.75) is 32.9 Å². The van der Waals surface area contributed by atoms with Gasteiger partial charge in [0.15, 0.2) is 0 Å². The van der Waals surface area contributed by atoms with Gasteiger partial charge in [0.05, 0.1) is 13.4 Å². The quantitative estimate of drug-likeness (QED) is 0.644. The highest BCUT2D eigenvalue weighted by molar-refractivity contribution is 7.86. The fourth-order valence-electron chi connectivity index (χ4n) is 2.64. The van der Waals surface area contributed by atoms with Crippen LogP contribution in [0.2, 0.25) is 0 Å². The molecular formula is C20H25NO5S. The molecule has 1 atom stereocenters. The van der Waals surface area contributed by atoms with Gasteiger partial charge in [0, 0.05) is 18.2 Å². The molecular weight excluding hydrogens is 366 g/mol. The van der Waals surface area contributed by atoms with Gasteiger partial charge in [0.25, 0.3) is 5.91 Å². The van der Waals surface area contributed by atoms with Crippen LogP contribution >= 0.6 is 0 Å². The fraction of sp³-hybridized carbons (Fsp3) is 0.350. The number of nitrogens with zero attached hydrogens (tertiary/aromatic N) is 1. The van der Waals surface area contributed by atoms with E-state index in [9.17, 15) is 13.2 Å². The SMILES string of the molecule is CCC(C)N(Cc1cccc(OS(C)(=O)=O)c1)C(=O)c1cccc(OC)c1. The molecule has 1 amide bonds. The van der Waals surface area contributed by atoms with Crippen LogP contribution in [0.4, 0.5) is 0 Å². The summed E-state index contributed by atoms with van der Waals surface area (Å²) in [5.74, 6) is 0.735. The Morgan fingerprint density at radius 1 is 1.11 bits per heavy atom. The Morgan fingerprint density at radius 3 is 2.41 bits per heavy atom.